The van der Waals surface area contributed by atoms with Crippen LogP contribution in [0, 0.1) is 0 Å². The van der Waals surface area contributed by atoms with Crippen LogP contribution in [0.2, 0.25) is 0 Å². The van der Waals surface area contributed by atoms with Crippen LogP contribution in [0.3, 0.4) is 0 Å². The number of unbranched alkanes of at least 4 members (excludes halogenated alkanes) is 30. The van der Waals surface area contributed by atoms with Crippen molar-refractivity contribution in [2.24, 2.45) is 0 Å². The van der Waals surface area contributed by atoms with Gasteiger partial charge < -0.3 is 9.04 Å². The second-order valence-electron chi connectivity index (χ2n) is 14.9. The van der Waals surface area contributed by atoms with Gasteiger partial charge in [0.15, 0.2) is 10.1 Å². The third-order valence-corrected chi connectivity index (χ3v) is 10.1. The summed E-state index contributed by atoms with van der Waals surface area (Å²) in [7, 11) is -1.15. The molecule has 0 bridgehead atoms. The molecule has 0 unspecified atom stereocenters. The fourth-order valence-electron chi connectivity index (χ4n) is 6.29. The van der Waals surface area contributed by atoms with Crippen molar-refractivity contribution in [1.29, 1.82) is 0 Å². The molecule has 0 saturated carbocycles. The van der Waals surface area contributed by atoms with Gasteiger partial charge in [0.1, 0.15) is 0 Å². The molecule has 0 rings (SSSR count). The molecule has 286 valence electrons. The zero-order chi connectivity index (χ0) is 35.5. The first-order chi connectivity index (χ1) is 22.4. The van der Waals surface area contributed by atoms with E-state index in [0.29, 0.717) is 0 Å². The Hall–Kier alpha value is -0.340. The van der Waals surface area contributed by atoms with Crippen molar-refractivity contribution < 1.29 is 30.6 Å². The molecule has 0 aliphatic rings. The predicted octanol–water partition coefficient (Wildman–Crippen LogP) is 13.6. The van der Waals surface area contributed by atoms with E-state index in [4.69, 9.17) is 13.0 Å². The summed E-state index contributed by atoms with van der Waals surface area (Å²) in [5, 5.41) is 0. The number of quaternary nitrogens is 1. The Morgan fingerprint density at radius 3 is 0.702 bits per heavy atom. The second-order valence-corrected chi connectivity index (χ2v) is 16.3. The maximum absolute atomic E-state index is 10.7. The highest BCUT2D eigenvalue weighted by atomic mass is 32.2. The van der Waals surface area contributed by atoms with Crippen molar-refractivity contribution >= 4 is 10.1 Å². The van der Waals surface area contributed by atoms with Gasteiger partial charge in [-0.25, -0.2) is 8.42 Å². The fourth-order valence-corrected chi connectivity index (χ4v) is 6.29. The molecule has 0 atom stereocenters. The Balaban J connectivity index is 0. The Kier molecular flexibility index (Phi) is 35.4. The maximum atomic E-state index is 10.7. The Morgan fingerprint density at radius 1 is 0.404 bits per heavy atom. The van der Waals surface area contributed by atoms with E-state index in [1.165, 1.54) is 223 Å². The quantitative estimate of drug-likeness (QED) is 0.0291. The van der Waals surface area contributed by atoms with Gasteiger partial charge in [-0.2, -0.15) is 13.2 Å². The van der Waals surface area contributed by atoms with Crippen molar-refractivity contribution in [2.45, 2.75) is 225 Å². The molecule has 4 nitrogen and oxygen atoms in total. The Morgan fingerprint density at radius 2 is 0.553 bits per heavy atom. The van der Waals surface area contributed by atoms with Crippen molar-refractivity contribution in [3.63, 3.8) is 0 Å². The molecule has 0 fully saturated rings. The van der Waals surface area contributed by atoms with Crippen LogP contribution in [0.1, 0.15) is 219 Å². The van der Waals surface area contributed by atoms with Crippen LogP contribution in [0.15, 0.2) is 0 Å². The van der Waals surface area contributed by atoms with E-state index in [0.717, 1.165) is 0 Å². The first kappa shape index (κ1) is 48.8. The summed E-state index contributed by atoms with van der Waals surface area (Å²) in [6.07, 6.45) is 46.9. The number of alkyl halides is 3. The summed E-state index contributed by atoms with van der Waals surface area (Å²) in [6, 6.07) is 0. The summed E-state index contributed by atoms with van der Waals surface area (Å²) < 4.78 is 60.2. The zero-order valence-electron chi connectivity index (χ0n) is 31.8. The topological polar surface area (TPSA) is 57.2 Å². The van der Waals surface area contributed by atoms with E-state index in [1.54, 1.807) is 0 Å². The van der Waals surface area contributed by atoms with Crippen molar-refractivity contribution in [3.05, 3.63) is 0 Å². The van der Waals surface area contributed by atoms with Gasteiger partial charge in [-0.3, -0.25) is 0 Å². The number of hydrogen-bond acceptors (Lipinski definition) is 3. The molecule has 0 aliphatic carbocycles. The summed E-state index contributed by atoms with van der Waals surface area (Å²) in [6.45, 7) is 7.39. The minimum Gasteiger partial charge on any atom is -0.741 e. The molecule has 0 spiro atoms. The van der Waals surface area contributed by atoms with Gasteiger partial charge in [-0.05, 0) is 25.7 Å². The first-order valence-electron chi connectivity index (χ1n) is 20.2. The summed E-state index contributed by atoms with van der Waals surface area (Å²) in [4.78, 5) is 0. The second kappa shape index (κ2) is 34.1. The molecule has 0 radical (unpaired) electrons. The Bertz CT molecular complexity index is 691. The smallest absolute Gasteiger partial charge is 0.485 e. The van der Waals surface area contributed by atoms with Crippen molar-refractivity contribution in [3.8, 4) is 0 Å². The van der Waals surface area contributed by atoms with Crippen LogP contribution in [0.4, 0.5) is 13.2 Å². The fraction of sp³-hybridized carbons (Fsp3) is 1.00. The van der Waals surface area contributed by atoms with Crippen LogP contribution in [0.5, 0.6) is 0 Å². The first-order valence-corrected chi connectivity index (χ1v) is 21.6. The average Bonchev–Trinajstić information content (AvgIpc) is 3.00. The van der Waals surface area contributed by atoms with Gasteiger partial charge in [0.25, 0.3) is 0 Å². The van der Waals surface area contributed by atoms with E-state index >= 15 is 0 Å². The van der Waals surface area contributed by atoms with Crippen LogP contribution in [-0.2, 0) is 10.1 Å². The molecule has 0 saturated heterocycles. The van der Waals surface area contributed by atoms with Crippen LogP contribution >= 0.6 is 0 Å². The van der Waals surface area contributed by atoms with Gasteiger partial charge >= 0.3 is 5.51 Å². The number of halogens is 3. The lowest BCUT2D eigenvalue weighted by molar-refractivity contribution is -0.890. The standard InChI is InChI=1S/C38H80N.CHF3O3S/c1-5-7-9-11-13-15-17-19-21-23-25-27-29-31-33-35-37-39(3,4)38-36-34-32-30-28-26-24-22-20-18-16-14-12-10-8-6-2;2-1(3,4)8(5,6)7/h5-38H2,1-4H3;(H,5,6,7)/q+1;/p-1. The molecular formula is C39H80F3NO3S. The van der Waals surface area contributed by atoms with Gasteiger partial charge in [-0.15, -0.1) is 0 Å². The number of rotatable bonds is 34. The number of hydrogen-bond donors (Lipinski definition) is 0. The lowest BCUT2D eigenvalue weighted by Gasteiger charge is -2.30. The SMILES string of the molecule is CCCCCCCCCCCCCCCCCC[N+](C)(C)CCCCCCCCCCCCCCCCCC.O=S(=O)([O-])C(F)(F)F. The van der Waals surface area contributed by atoms with E-state index in [9.17, 15) is 13.2 Å². The van der Waals surface area contributed by atoms with Crippen LogP contribution in [-0.4, -0.2) is 50.1 Å². The zero-order valence-corrected chi connectivity index (χ0v) is 32.6. The molecule has 8 heteroatoms. The van der Waals surface area contributed by atoms with Crippen LogP contribution < -0.4 is 0 Å². The van der Waals surface area contributed by atoms with E-state index in [-0.39, 0.29) is 0 Å². The van der Waals surface area contributed by atoms with Gasteiger partial charge in [0, 0.05) is 0 Å². The van der Waals surface area contributed by atoms with E-state index in [1.807, 2.05) is 0 Å². The maximum Gasteiger partial charge on any atom is 0.485 e. The molecule has 0 aromatic heterocycles. The monoisotopic (exact) mass is 700 g/mol. The van der Waals surface area contributed by atoms with Gasteiger partial charge in [0.2, 0.25) is 0 Å². The lowest BCUT2D eigenvalue weighted by atomic mass is 10.0. The molecular weight excluding hydrogens is 619 g/mol. The van der Waals surface area contributed by atoms with Gasteiger partial charge in [0.05, 0.1) is 27.2 Å². The number of nitrogens with zero attached hydrogens (tertiary/aromatic N) is 1. The average molecular weight is 700 g/mol. The highest BCUT2D eigenvalue weighted by molar-refractivity contribution is 7.86. The van der Waals surface area contributed by atoms with E-state index < -0.39 is 15.6 Å². The minimum absolute atomic E-state index is 1.25. The predicted molar refractivity (Wildman–Crippen MR) is 197 cm³/mol. The molecule has 0 aromatic carbocycles. The van der Waals surface area contributed by atoms with Gasteiger partial charge in [-0.1, -0.05) is 194 Å². The summed E-state index contributed by atoms with van der Waals surface area (Å²) in [5.74, 6) is 0. The molecule has 0 amide bonds. The third kappa shape index (κ3) is 40.0. The van der Waals surface area contributed by atoms with Crippen molar-refractivity contribution in [2.75, 3.05) is 27.2 Å². The summed E-state index contributed by atoms with van der Waals surface area (Å²) >= 11 is 0. The Labute approximate surface area is 292 Å². The lowest BCUT2D eigenvalue weighted by Crippen LogP contribution is -2.41. The summed E-state index contributed by atoms with van der Waals surface area (Å²) in [5.41, 5.74) is -5.65. The molecule has 0 aromatic rings. The highest BCUT2D eigenvalue weighted by Crippen LogP contribution is 2.20. The van der Waals surface area contributed by atoms with E-state index in [2.05, 4.69) is 27.9 Å². The minimum atomic E-state index is -6.09. The molecule has 0 aliphatic heterocycles. The van der Waals surface area contributed by atoms with Crippen molar-refractivity contribution in [1.82, 2.24) is 0 Å². The molecule has 0 N–H and O–H groups in total. The largest absolute Gasteiger partial charge is 0.741 e. The third-order valence-electron chi connectivity index (χ3n) is 9.52. The molecule has 0 heterocycles. The normalized spacial score (nSPS) is 12.3. The van der Waals surface area contributed by atoms with Crippen LogP contribution in [0.25, 0.3) is 0 Å². The highest BCUT2D eigenvalue weighted by Gasteiger charge is 2.36. The molecule has 47 heavy (non-hydrogen) atoms.